The van der Waals surface area contributed by atoms with E-state index in [2.05, 4.69) is 93.7 Å². The van der Waals surface area contributed by atoms with Crippen molar-refractivity contribution < 1.29 is 28.6 Å². The van der Waals surface area contributed by atoms with Crippen LogP contribution in [0.1, 0.15) is 335 Å². The van der Waals surface area contributed by atoms with Gasteiger partial charge in [0.15, 0.2) is 6.10 Å². The Hall–Kier alpha value is -3.15. The van der Waals surface area contributed by atoms with Crippen LogP contribution in [0.2, 0.25) is 0 Å². The highest BCUT2D eigenvalue weighted by Gasteiger charge is 2.19. The van der Waals surface area contributed by atoms with Crippen LogP contribution in [0.5, 0.6) is 0 Å². The fourth-order valence-electron chi connectivity index (χ4n) is 9.51. The summed E-state index contributed by atoms with van der Waals surface area (Å²) in [6.07, 6.45) is 83.8. The van der Waals surface area contributed by atoms with Crippen molar-refractivity contribution in [3.63, 3.8) is 0 Å². The number of carbonyl (C=O) groups excluding carboxylic acids is 3. The first kappa shape index (κ1) is 72.8. The van der Waals surface area contributed by atoms with Gasteiger partial charge in [-0.3, -0.25) is 14.4 Å². The van der Waals surface area contributed by atoms with Crippen LogP contribution in [0.4, 0.5) is 0 Å². The Kier molecular flexibility index (Phi) is 61.7. The van der Waals surface area contributed by atoms with Crippen molar-refractivity contribution in [1.29, 1.82) is 0 Å². The molecule has 6 nitrogen and oxygen atoms in total. The fourth-order valence-corrected chi connectivity index (χ4v) is 9.51. The first-order chi connectivity index (χ1) is 37.5. The molecule has 0 aromatic carbocycles. The molecular weight excluding hydrogens is 937 g/mol. The third-order valence-corrected chi connectivity index (χ3v) is 14.4. The van der Waals surface area contributed by atoms with E-state index in [0.29, 0.717) is 19.3 Å². The summed E-state index contributed by atoms with van der Waals surface area (Å²) in [4.78, 5) is 38.1. The molecule has 0 aliphatic rings. The van der Waals surface area contributed by atoms with Gasteiger partial charge in [-0.15, -0.1) is 0 Å². The SMILES string of the molecule is CC/C=C\C/C=C\C/C=C\C/C=C\CCCCCCCCCCCCCCCCCCCCCCCCC(=O)OCC(COC(=O)CCCCCCCCCCC)OC(=O)CCCCCCC/C=C\C/C=C\CCCC. The van der Waals surface area contributed by atoms with Crippen LogP contribution in [0.3, 0.4) is 0 Å². The number of hydrogen-bond donors (Lipinski definition) is 0. The maximum atomic E-state index is 12.8. The van der Waals surface area contributed by atoms with Crippen LogP contribution in [-0.4, -0.2) is 37.2 Å². The average molecular weight is 1060 g/mol. The van der Waals surface area contributed by atoms with Gasteiger partial charge < -0.3 is 14.2 Å². The van der Waals surface area contributed by atoms with Crippen molar-refractivity contribution in [3.05, 3.63) is 72.9 Å². The Balaban J connectivity index is 3.99. The molecule has 0 aromatic rings. The summed E-state index contributed by atoms with van der Waals surface area (Å²) in [6, 6.07) is 0. The van der Waals surface area contributed by atoms with Gasteiger partial charge in [-0.2, -0.15) is 0 Å². The summed E-state index contributed by atoms with van der Waals surface area (Å²) in [6.45, 7) is 6.49. The van der Waals surface area contributed by atoms with E-state index < -0.39 is 6.10 Å². The molecule has 0 heterocycles. The Morgan fingerprint density at radius 2 is 0.526 bits per heavy atom. The van der Waals surface area contributed by atoms with E-state index in [4.69, 9.17) is 14.2 Å². The Bertz CT molecular complexity index is 1400. The molecule has 0 radical (unpaired) electrons. The Labute approximate surface area is 472 Å². The number of hydrogen-bond acceptors (Lipinski definition) is 6. The summed E-state index contributed by atoms with van der Waals surface area (Å²) in [5.41, 5.74) is 0. The molecule has 0 aromatic heterocycles. The number of allylic oxidation sites excluding steroid dienone is 12. The van der Waals surface area contributed by atoms with Gasteiger partial charge in [0.25, 0.3) is 0 Å². The molecule has 0 bridgehead atoms. The zero-order valence-corrected chi connectivity index (χ0v) is 50.5. The normalized spacial score (nSPS) is 12.5. The maximum Gasteiger partial charge on any atom is 0.306 e. The van der Waals surface area contributed by atoms with E-state index in [1.807, 2.05) is 0 Å². The van der Waals surface area contributed by atoms with E-state index in [1.165, 1.54) is 186 Å². The predicted molar refractivity (Wildman–Crippen MR) is 330 cm³/mol. The quantitative estimate of drug-likeness (QED) is 0.0261. The van der Waals surface area contributed by atoms with Crippen molar-refractivity contribution >= 4 is 17.9 Å². The fraction of sp³-hybridized carbons (Fsp3) is 0.786. The highest BCUT2D eigenvalue weighted by Crippen LogP contribution is 2.17. The molecule has 0 rings (SSSR count). The Morgan fingerprint density at radius 3 is 0.842 bits per heavy atom. The van der Waals surface area contributed by atoms with E-state index >= 15 is 0 Å². The number of carbonyl (C=O) groups is 3. The average Bonchev–Trinajstić information content (AvgIpc) is 3.42. The van der Waals surface area contributed by atoms with Gasteiger partial charge in [0.2, 0.25) is 0 Å². The van der Waals surface area contributed by atoms with Crippen molar-refractivity contribution in [3.8, 4) is 0 Å². The molecule has 0 aliphatic heterocycles. The first-order valence-corrected chi connectivity index (χ1v) is 32.9. The summed E-state index contributed by atoms with van der Waals surface area (Å²) in [5, 5.41) is 0. The minimum Gasteiger partial charge on any atom is -0.462 e. The molecule has 1 unspecified atom stereocenters. The summed E-state index contributed by atoms with van der Waals surface area (Å²) in [5.74, 6) is -0.877. The van der Waals surface area contributed by atoms with Crippen LogP contribution < -0.4 is 0 Å². The van der Waals surface area contributed by atoms with E-state index in [1.54, 1.807) is 0 Å². The number of rotatable bonds is 60. The van der Waals surface area contributed by atoms with Gasteiger partial charge in [0.1, 0.15) is 13.2 Å². The van der Waals surface area contributed by atoms with Gasteiger partial charge in [0, 0.05) is 19.3 Å². The lowest BCUT2D eigenvalue weighted by Crippen LogP contribution is -2.30. The molecule has 76 heavy (non-hydrogen) atoms. The monoisotopic (exact) mass is 1060 g/mol. The third kappa shape index (κ3) is 61.7. The number of esters is 3. The van der Waals surface area contributed by atoms with Crippen LogP contribution in [0.15, 0.2) is 72.9 Å². The lowest BCUT2D eigenvalue weighted by Gasteiger charge is -2.18. The van der Waals surface area contributed by atoms with Crippen molar-refractivity contribution in [1.82, 2.24) is 0 Å². The van der Waals surface area contributed by atoms with Gasteiger partial charge in [-0.05, 0) is 83.5 Å². The van der Waals surface area contributed by atoms with Gasteiger partial charge in [0.05, 0.1) is 0 Å². The molecule has 1 atom stereocenters. The second-order valence-electron chi connectivity index (χ2n) is 22.0. The molecule has 6 heteroatoms. The van der Waals surface area contributed by atoms with Crippen LogP contribution in [0.25, 0.3) is 0 Å². The largest absolute Gasteiger partial charge is 0.462 e. The van der Waals surface area contributed by atoms with Crippen LogP contribution in [0, 0.1) is 0 Å². The Morgan fingerprint density at radius 1 is 0.276 bits per heavy atom. The zero-order valence-electron chi connectivity index (χ0n) is 50.5. The highest BCUT2D eigenvalue weighted by molar-refractivity contribution is 5.71. The molecule has 0 N–H and O–H groups in total. The number of unbranched alkanes of at least 4 members (excludes halogenated alkanes) is 37. The maximum absolute atomic E-state index is 12.8. The summed E-state index contributed by atoms with van der Waals surface area (Å²) >= 11 is 0. The van der Waals surface area contributed by atoms with Gasteiger partial charge >= 0.3 is 17.9 Å². The van der Waals surface area contributed by atoms with Gasteiger partial charge in [-0.1, -0.05) is 306 Å². The molecule has 0 aliphatic carbocycles. The number of ether oxygens (including phenoxy) is 3. The van der Waals surface area contributed by atoms with Gasteiger partial charge in [-0.25, -0.2) is 0 Å². The highest BCUT2D eigenvalue weighted by atomic mass is 16.6. The smallest absolute Gasteiger partial charge is 0.306 e. The van der Waals surface area contributed by atoms with E-state index in [0.717, 1.165) is 109 Å². The van der Waals surface area contributed by atoms with E-state index in [-0.39, 0.29) is 31.1 Å². The first-order valence-electron chi connectivity index (χ1n) is 32.9. The van der Waals surface area contributed by atoms with E-state index in [9.17, 15) is 14.4 Å². The zero-order chi connectivity index (χ0) is 55.0. The van der Waals surface area contributed by atoms with Crippen molar-refractivity contribution in [2.45, 2.75) is 341 Å². The predicted octanol–water partition coefficient (Wildman–Crippen LogP) is 22.5. The second-order valence-corrected chi connectivity index (χ2v) is 22.0. The lowest BCUT2D eigenvalue weighted by atomic mass is 10.0. The lowest BCUT2D eigenvalue weighted by molar-refractivity contribution is -0.167. The summed E-state index contributed by atoms with van der Waals surface area (Å²) in [7, 11) is 0. The van der Waals surface area contributed by atoms with Crippen LogP contribution in [-0.2, 0) is 28.6 Å². The second kappa shape index (κ2) is 64.4. The topological polar surface area (TPSA) is 78.9 Å². The van der Waals surface area contributed by atoms with Crippen molar-refractivity contribution in [2.75, 3.05) is 13.2 Å². The molecule has 0 spiro atoms. The standard InChI is InChI=1S/C70H124O6/c1-4-7-10-13-16-19-21-23-25-26-27-28-29-30-31-32-33-34-35-36-37-38-39-40-41-42-43-44-45-47-48-51-54-57-60-63-69(72)75-66-67(65-74-68(71)62-59-56-53-50-18-15-12-9-6-3)76-70(73)64-61-58-55-52-49-46-24-22-20-17-14-11-8-5-2/h7,10,14,16-17,19,22-25,27-28,67H,4-6,8-9,11-13,15,18,20-21,26,29-66H2,1-3H3/b10-7-,17-14-,19-16-,24-22-,25-23-,28-27-. The molecule has 0 amide bonds. The molecule has 0 saturated carbocycles. The van der Waals surface area contributed by atoms with Crippen molar-refractivity contribution in [2.24, 2.45) is 0 Å². The van der Waals surface area contributed by atoms with Crippen LogP contribution >= 0.6 is 0 Å². The third-order valence-electron chi connectivity index (χ3n) is 14.4. The minimum absolute atomic E-state index is 0.0756. The molecule has 0 fully saturated rings. The molecule has 0 saturated heterocycles. The summed E-state index contributed by atoms with van der Waals surface area (Å²) < 4.78 is 16.8. The molecular formula is C70H124O6. The minimum atomic E-state index is -0.777. The molecule has 440 valence electrons.